The molecule has 1 aromatic carbocycles. The summed E-state index contributed by atoms with van der Waals surface area (Å²) in [7, 11) is 1.60. The number of morpholine rings is 1. The number of amides is 1. The van der Waals surface area contributed by atoms with E-state index in [0.29, 0.717) is 17.9 Å². The summed E-state index contributed by atoms with van der Waals surface area (Å²) in [6, 6.07) is 7.20. The lowest BCUT2D eigenvalue weighted by Gasteiger charge is -2.45. The smallest absolute Gasteiger partial charge is 0.251 e. The zero-order valence-corrected chi connectivity index (χ0v) is 14.8. The summed E-state index contributed by atoms with van der Waals surface area (Å²) in [6.45, 7) is 10.8. The van der Waals surface area contributed by atoms with E-state index in [0.717, 1.165) is 13.1 Å². The lowest BCUT2D eigenvalue weighted by molar-refractivity contribution is -0.0948. The highest BCUT2D eigenvalue weighted by molar-refractivity contribution is 5.94. The number of methoxy groups -OCH3 is 1. The third kappa shape index (κ3) is 4.69. The molecule has 1 aliphatic heterocycles. The molecule has 2 rings (SSSR count). The molecule has 1 heterocycles. The van der Waals surface area contributed by atoms with Gasteiger partial charge in [-0.2, -0.15) is 0 Å². The van der Waals surface area contributed by atoms with Gasteiger partial charge in [-0.1, -0.05) is 6.07 Å². The first kappa shape index (κ1) is 17.8. The number of carbonyl (C=O) groups excluding carboxylic acids is 1. The van der Waals surface area contributed by atoms with Crippen LogP contribution >= 0.6 is 0 Å². The van der Waals surface area contributed by atoms with Crippen molar-refractivity contribution >= 4 is 5.91 Å². The van der Waals surface area contributed by atoms with E-state index in [1.807, 2.05) is 12.1 Å². The van der Waals surface area contributed by atoms with Crippen molar-refractivity contribution in [3.63, 3.8) is 0 Å². The fraction of sp³-hybridized carbons (Fsp3) is 0.611. The molecule has 0 bridgehead atoms. The zero-order valence-electron chi connectivity index (χ0n) is 14.8. The van der Waals surface area contributed by atoms with Crippen LogP contribution in [0, 0.1) is 0 Å². The molecule has 1 fully saturated rings. The predicted octanol–water partition coefficient (Wildman–Crippen LogP) is 2.31. The van der Waals surface area contributed by atoms with Crippen LogP contribution in [0.2, 0.25) is 0 Å². The third-order valence-electron chi connectivity index (χ3n) is 4.29. The summed E-state index contributed by atoms with van der Waals surface area (Å²) in [5.74, 6) is 0.610. The summed E-state index contributed by atoms with van der Waals surface area (Å²) < 4.78 is 11.0. The molecular formula is C18H28N2O3. The van der Waals surface area contributed by atoms with E-state index in [-0.39, 0.29) is 23.7 Å². The average Bonchev–Trinajstić information content (AvgIpc) is 2.52. The Kier molecular flexibility index (Phi) is 5.65. The highest BCUT2D eigenvalue weighted by Crippen LogP contribution is 2.21. The Hall–Kier alpha value is -1.59. The van der Waals surface area contributed by atoms with Crippen LogP contribution in [0.15, 0.2) is 24.3 Å². The lowest BCUT2D eigenvalue weighted by atomic mass is 10.00. The predicted molar refractivity (Wildman–Crippen MR) is 91.0 cm³/mol. The summed E-state index contributed by atoms with van der Waals surface area (Å²) in [6.07, 6.45) is 0.430. The van der Waals surface area contributed by atoms with Gasteiger partial charge in [0.15, 0.2) is 0 Å². The molecule has 0 saturated carbocycles. The van der Waals surface area contributed by atoms with E-state index in [1.165, 1.54) is 0 Å². The van der Waals surface area contributed by atoms with Crippen molar-refractivity contribution in [2.45, 2.75) is 45.4 Å². The molecule has 0 aliphatic carbocycles. The van der Waals surface area contributed by atoms with Crippen LogP contribution in [0.5, 0.6) is 5.75 Å². The molecule has 1 saturated heterocycles. The topological polar surface area (TPSA) is 50.8 Å². The number of carbonyl (C=O) groups is 1. The number of rotatable bonds is 5. The standard InChI is InChI=1S/C18H28N2O3/c1-13-10-20(11-14(2)23-13)18(3,4)12-19-17(21)15-7-6-8-16(9-15)22-5/h6-9,13-14H,10-12H2,1-5H3,(H,19,21). The van der Waals surface area contributed by atoms with Crippen LogP contribution in [-0.2, 0) is 4.74 Å². The van der Waals surface area contributed by atoms with Crippen molar-refractivity contribution in [2.75, 3.05) is 26.7 Å². The summed E-state index contributed by atoms with van der Waals surface area (Å²) in [5, 5.41) is 3.04. The molecule has 0 radical (unpaired) electrons. The van der Waals surface area contributed by atoms with Gasteiger partial charge in [-0.3, -0.25) is 9.69 Å². The van der Waals surface area contributed by atoms with E-state index >= 15 is 0 Å². The van der Waals surface area contributed by atoms with Gasteiger partial charge in [-0.05, 0) is 45.9 Å². The second-order valence-electron chi connectivity index (χ2n) is 6.89. The molecule has 2 unspecified atom stereocenters. The second kappa shape index (κ2) is 7.32. The molecule has 2 atom stereocenters. The highest BCUT2D eigenvalue weighted by Gasteiger charge is 2.33. The van der Waals surface area contributed by atoms with E-state index in [2.05, 4.69) is 37.9 Å². The van der Waals surface area contributed by atoms with Crippen molar-refractivity contribution in [1.29, 1.82) is 0 Å². The number of nitrogens with zero attached hydrogens (tertiary/aromatic N) is 1. The Labute approximate surface area is 139 Å². The van der Waals surface area contributed by atoms with Crippen LogP contribution < -0.4 is 10.1 Å². The van der Waals surface area contributed by atoms with Gasteiger partial charge in [0.1, 0.15) is 5.75 Å². The zero-order chi connectivity index (χ0) is 17.0. The lowest BCUT2D eigenvalue weighted by Crippen LogP contribution is -2.58. The van der Waals surface area contributed by atoms with Gasteiger partial charge in [-0.15, -0.1) is 0 Å². The third-order valence-corrected chi connectivity index (χ3v) is 4.29. The van der Waals surface area contributed by atoms with Crippen molar-refractivity contribution in [3.8, 4) is 5.75 Å². The van der Waals surface area contributed by atoms with E-state index in [4.69, 9.17) is 9.47 Å². The minimum atomic E-state index is -0.124. The molecular weight excluding hydrogens is 292 g/mol. The van der Waals surface area contributed by atoms with Gasteiger partial charge in [-0.25, -0.2) is 0 Å². The van der Waals surface area contributed by atoms with Gasteiger partial charge >= 0.3 is 0 Å². The van der Waals surface area contributed by atoms with Crippen molar-refractivity contribution in [3.05, 3.63) is 29.8 Å². The molecule has 1 aliphatic rings. The first-order valence-electron chi connectivity index (χ1n) is 8.14. The van der Waals surface area contributed by atoms with Crippen molar-refractivity contribution in [1.82, 2.24) is 10.2 Å². The fourth-order valence-corrected chi connectivity index (χ4v) is 2.95. The molecule has 5 nitrogen and oxygen atoms in total. The second-order valence-corrected chi connectivity index (χ2v) is 6.89. The Morgan fingerprint density at radius 3 is 2.61 bits per heavy atom. The fourth-order valence-electron chi connectivity index (χ4n) is 2.95. The Bertz CT molecular complexity index is 535. The van der Waals surface area contributed by atoms with Gasteiger partial charge in [0.05, 0.1) is 19.3 Å². The Morgan fingerprint density at radius 1 is 1.35 bits per heavy atom. The summed E-state index contributed by atoms with van der Waals surface area (Å²) in [5.41, 5.74) is 0.491. The first-order valence-corrected chi connectivity index (χ1v) is 8.14. The molecule has 5 heteroatoms. The quantitative estimate of drug-likeness (QED) is 0.904. The van der Waals surface area contributed by atoms with Gasteiger partial charge < -0.3 is 14.8 Å². The van der Waals surface area contributed by atoms with Crippen LogP contribution in [-0.4, -0.2) is 55.3 Å². The maximum atomic E-state index is 12.4. The molecule has 128 valence electrons. The molecule has 1 aromatic rings. The number of nitrogens with one attached hydrogen (secondary N) is 1. The van der Waals surface area contributed by atoms with Crippen molar-refractivity contribution < 1.29 is 14.3 Å². The molecule has 0 spiro atoms. The number of benzene rings is 1. The Balaban J connectivity index is 1.96. The van der Waals surface area contributed by atoms with Crippen LogP contribution in [0.25, 0.3) is 0 Å². The highest BCUT2D eigenvalue weighted by atomic mass is 16.5. The maximum absolute atomic E-state index is 12.4. The van der Waals surface area contributed by atoms with Crippen LogP contribution in [0.1, 0.15) is 38.1 Å². The number of hydrogen-bond donors (Lipinski definition) is 1. The molecule has 1 amide bonds. The largest absolute Gasteiger partial charge is 0.497 e. The van der Waals surface area contributed by atoms with Crippen LogP contribution in [0.4, 0.5) is 0 Å². The number of hydrogen-bond acceptors (Lipinski definition) is 4. The van der Waals surface area contributed by atoms with Gasteiger partial charge in [0.25, 0.3) is 5.91 Å². The van der Waals surface area contributed by atoms with Crippen molar-refractivity contribution in [2.24, 2.45) is 0 Å². The van der Waals surface area contributed by atoms with Crippen LogP contribution in [0.3, 0.4) is 0 Å². The summed E-state index contributed by atoms with van der Waals surface area (Å²) >= 11 is 0. The Morgan fingerprint density at radius 2 is 2.00 bits per heavy atom. The first-order chi connectivity index (χ1) is 10.8. The van der Waals surface area contributed by atoms with E-state index < -0.39 is 0 Å². The normalized spacial score (nSPS) is 22.7. The molecule has 0 aromatic heterocycles. The average molecular weight is 320 g/mol. The minimum absolute atomic E-state index is 0.0775. The molecule has 1 N–H and O–H groups in total. The SMILES string of the molecule is COc1cccc(C(=O)NCC(C)(C)N2CC(C)OC(C)C2)c1. The van der Waals surface area contributed by atoms with E-state index in [1.54, 1.807) is 19.2 Å². The maximum Gasteiger partial charge on any atom is 0.251 e. The van der Waals surface area contributed by atoms with Gasteiger partial charge in [0, 0.05) is 30.7 Å². The summed E-state index contributed by atoms with van der Waals surface area (Å²) in [4.78, 5) is 14.7. The number of ether oxygens (including phenoxy) is 2. The monoisotopic (exact) mass is 320 g/mol. The van der Waals surface area contributed by atoms with E-state index in [9.17, 15) is 4.79 Å². The minimum Gasteiger partial charge on any atom is -0.497 e. The van der Waals surface area contributed by atoms with Gasteiger partial charge in [0.2, 0.25) is 0 Å². The molecule has 23 heavy (non-hydrogen) atoms.